The lowest BCUT2D eigenvalue weighted by atomic mass is 10.2. The number of aryl methyl sites for hydroxylation is 1. The molecule has 0 radical (unpaired) electrons. The average molecular weight is 423 g/mol. The van der Waals surface area contributed by atoms with E-state index in [4.69, 9.17) is 16.3 Å². The molecule has 0 N–H and O–H groups in total. The number of nitrogens with zero attached hydrogens (tertiary/aromatic N) is 2. The minimum atomic E-state index is -3.54. The van der Waals surface area contributed by atoms with Gasteiger partial charge >= 0.3 is 0 Å². The molecule has 150 valence electrons. The molecule has 28 heavy (non-hydrogen) atoms. The summed E-state index contributed by atoms with van der Waals surface area (Å²) in [5, 5.41) is 0.641. The van der Waals surface area contributed by atoms with E-state index >= 15 is 0 Å². The average Bonchev–Trinajstić information content (AvgIpc) is 2.71. The number of halogens is 1. The number of carbonyl (C=O) groups is 1. The lowest BCUT2D eigenvalue weighted by Crippen LogP contribution is -2.53. The van der Waals surface area contributed by atoms with Gasteiger partial charge in [-0.05, 0) is 49.7 Å². The first-order valence-electron chi connectivity index (χ1n) is 9.06. The second-order valence-corrected chi connectivity index (χ2v) is 9.06. The molecular weight excluding hydrogens is 400 g/mol. The van der Waals surface area contributed by atoms with Gasteiger partial charge < -0.3 is 9.64 Å². The Labute approximate surface area is 170 Å². The van der Waals surface area contributed by atoms with Gasteiger partial charge in [0, 0.05) is 31.2 Å². The zero-order valence-corrected chi connectivity index (χ0v) is 17.4. The summed E-state index contributed by atoms with van der Waals surface area (Å²) in [6, 6.07) is 13.6. The van der Waals surface area contributed by atoms with Gasteiger partial charge in [0.2, 0.25) is 10.0 Å². The summed E-state index contributed by atoms with van der Waals surface area (Å²) in [5.74, 6) is 0.414. The quantitative estimate of drug-likeness (QED) is 0.743. The van der Waals surface area contributed by atoms with Crippen LogP contribution in [0.15, 0.2) is 53.4 Å². The number of amides is 1. The highest BCUT2D eigenvalue weighted by molar-refractivity contribution is 7.89. The molecule has 1 saturated heterocycles. The summed E-state index contributed by atoms with van der Waals surface area (Å²) in [5.41, 5.74) is 0.874. The van der Waals surface area contributed by atoms with E-state index in [1.54, 1.807) is 60.4 Å². The third kappa shape index (κ3) is 4.48. The first-order chi connectivity index (χ1) is 13.3. The molecule has 1 atom stereocenters. The van der Waals surface area contributed by atoms with Crippen LogP contribution in [0, 0.1) is 6.92 Å². The molecule has 1 aliphatic heterocycles. The van der Waals surface area contributed by atoms with Gasteiger partial charge in [0.25, 0.3) is 5.91 Å². The third-order valence-electron chi connectivity index (χ3n) is 4.72. The van der Waals surface area contributed by atoms with Crippen LogP contribution in [0.4, 0.5) is 0 Å². The van der Waals surface area contributed by atoms with Crippen LogP contribution in [-0.2, 0) is 14.8 Å². The molecule has 2 aromatic rings. The molecule has 0 aromatic heterocycles. The molecule has 1 fully saturated rings. The summed E-state index contributed by atoms with van der Waals surface area (Å²) in [7, 11) is -3.54. The smallest absolute Gasteiger partial charge is 0.263 e. The number of carbonyl (C=O) groups excluding carboxylic acids is 1. The van der Waals surface area contributed by atoms with Crippen molar-refractivity contribution in [3.05, 3.63) is 59.1 Å². The largest absolute Gasteiger partial charge is 0.481 e. The lowest BCUT2D eigenvalue weighted by molar-refractivity contribution is -0.139. The predicted molar refractivity (Wildman–Crippen MR) is 108 cm³/mol. The van der Waals surface area contributed by atoms with E-state index < -0.39 is 16.1 Å². The van der Waals surface area contributed by atoms with E-state index in [1.807, 2.05) is 6.92 Å². The van der Waals surface area contributed by atoms with Crippen LogP contribution >= 0.6 is 11.6 Å². The number of rotatable bonds is 5. The highest BCUT2D eigenvalue weighted by Crippen LogP contribution is 2.23. The molecule has 0 unspecified atom stereocenters. The molecule has 3 rings (SSSR count). The monoisotopic (exact) mass is 422 g/mol. The number of benzene rings is 2. The Balaban J connectivity index is 1.59. The lowest BCUT2D eigenvalue weighted by Gasteiger charge is -2.35. The predicted octanol–water partition coefficient (Wildman–Crippen LogP) is 2.95. The standard InChI is InChI=1S/C20H23ClN2O4S/c1-15-14-17(8-9-19(15)21)27-16(2)20(24)22-10-12-23(13-11-22)28(25,26)18-6-4-3-5-7-18/h3-9,14,16H,10-13H2,1-2H3/t16-/m1/s1. The molecule has 0 spiro atoms. The fourth-order valence-electron chi connectivity index (χ4n) is 3.09. The van der Waals surface area contributed by atoms with Crippen molar-refractivity contribution >= 4 is 27.5 Å². The maximum atomic E-state index is 12.7. The van der Waals surface area contributed by atoms with Gasteiger partial charge in [0.15, 0.2) is 6.10 Å². The molecule has 1 aliphatic rings. The van der Waals surface area contributed by atoms with Crippen LogP contribution in [-0.4, -0.2) is 55.8 Å². The van der Waals surface area contributed by atoms with Crippen molar-refractivity contribution in [2.24, 2.45) is 0 Å². The summed E-state index contributed by atoms with van der Waals surface area (Å²) < 4.78 is 32.5. The molecular formula is C20H23ClN2O4S. The van der Waals surface area contributed by atoms with Crippen molar-refractivity contribution in [2.45, 2.75) is 24.8 Å². The van der Waals surface area contributed by atoms with Gasteiger partial charge in [-0.15, -0.1) is 0 Å². The van der Waals surface area contributed by atoms with E-state index in [1.165, 1.54) is 4.31 Å². The number of hydrogen-bond acceptors (Lipinski definition) is 4. The fraction of sp³-hybridized carbons (Fsp3) is 0.350. The molecule has 1 heterocycles. The highest BCUT2D eigenvalue weighted by atomic mass is 35.5. The summed E-state index contributed by atoms with van der Waals surface area (Å²) in [6.45, 7) is 4.75. The number of ether oxygens (including phenoxy) is 1. The van der Waals surface area contributed by atoms with E-state index in [0.717, 1.165) is 5.56 Å². The van der Waals surface area contributed by atoms with Gasteiger partial charge in [-0.25, -0.2) is 8.42 Å². The molecule has 8 heteroatoms. The van der Waals surface area contributed by atoms with Gasteiger partial charge in [-0.1, -0.05) is 29.8 Å². The highest BCUT2D eigenvalue weighted by Gasteiger charge is 2.31. The zero-order chi connectivity index (χ0) is 20.3. The van der Waals surface area contributed by atoms with Gasteiger partial charge in [0.1, 0.15) is 5.75 Å². The Hall–Kier alpha value is -2.09. The molecule has 1 amide bonds. The van der Waals surface area contributed by atoms with Crippen LogP contribution < -0.4 is 4.74 Å². The third-order valence-corrected chi connectivity index (χ3v) is 7.06. The Morgan fingerprint density at radius 2 is 1.71 bits per heavy atom. The minimum Gasteiger partial charge on any atom is -0.481 e. The maximum Gasteiger partial charge on any atom is 0.263 e. The number of sulfonamides is 1. The van der Waals surface area contributed by atoms with Crippen molar-refractivity contribution in [1.82, 2.24) is 9.21 Å². The summed E-state index contributed by atoms with van der Waals surface area (Å²) in [4.78, 5) is 14.6. The van der Waals surface area contributed by atoms with Crippen molar-refractivity contribution in [2.75, 3.05) is 26.2 Å². The fourth-order valence-corrected chi connectivity index (χ4v) is 4.65. The van der Waals surface area contributed by atoms with Crippen LogP contribution in [0.5, 0.6) is 5.75 Å². The minimum absolute atomic E-state index is 0.163. The Morgan fingerprint density at radius 3 is 2.32 bits per heavy atom. The summed E-state index contributed by atoms with van der Waals surface area (Å²) >= 11 is 6.01. The van der Waals surface area contributed by atoms with Gasteiger partial charge in [0.05, 0.1) is 4.90 Å². The van der Waals surface area contributed by atoms with Crippen molar-refractivity contribution in [3.8, 4) is 5.75 Å². The molecule has 6 nitrogen and oxygen atoms in total. The van der Waals surface area contributed by atoms with E-state index in [2.05, 4.69) is 0 Å². The van der Waals surface area contributed by atoms with Crippen molar-refractivity contribution < 1.29 is 17.9 Å². The SMILES string of the molecule is Cc1cc(O[C@H](C)C(=O)N2CCN(S(=O)(=O)c3ccccc3)CC2)ccc1Cl. The Morgan fingerprint density at radius 1 is 1.07 bits per heavy atom. The Bertz CT molecular complexity index is 942. The number of piperazine rings is 1. The van der Waals surface area contributed by atoms with Gasteiger partial charge in [-0.3, -0.25) is 4.79 Å². The first-order valence-corrected chi connectivity index (χ1v) is 10.9. The van der Waals surface area contributed by atoms with Crippen LogP contribution in [0.3, 0.4) is 0 Å². The van der Waals surface area contributed by atoms with Crippen molar-refractivity contribution in [1.29, 1.82) is 0 Å². The number of hydrogen-bond donors (Lipinski definition) is 0. The van der Waals surface area contributed by atoms with Crippen LogP contribution in [0.25, 0.3) is 0 Å². The normalized spacial score (nSPS) is 16.6. The molecule has 0 bridgehead atoms. The molecule has 0 aliphatic carbocycles. The maximum absolute atomic E-state index is 12.7. The van der Waals surface area contributed by atoms with Crippen LogP contribution in [0.1, 0.15) is 12.5 Å². The Kier molecular flexibility index (Phi) is 6.27. The van der Waals surface area contributed by atoms with Gasteiger partial charge in [-0.2, -0.15) is 4.31 Å². The van der Waals surface area contributed by atoms with Crippen molar-refractivity contribution in [3.63, 3.8) is 0 Å². The second-order valence-electron chi connectivity index (χ2n) is 6.71. The zero-order valence-electron chi connectivity index (χ0n) is 15.8. The molecule has 2 aromatic carbocycles. The van der Waals surface area contributed by atoms with Crippen LogP contribution in [0.2, 0.25) is 5.02 Å². The summed E-state index contributed by atoms with van der Waals surface area (Å²) in [6.07, 6.45) is -0.669. The van der Waals surface area contributed by atoms with E-state index in [-0.39, 0.29) is 23.9 Å². The first kappa shape index (κ1) is 20.6. The second kappa shape index (κ2) is 8.51. The van der Waals surface area contributed by atoms with E-state index in [0.29, 0.717) is 23.9 Å². The molecule has 0 saturated carbocycles. The van der Waals surface area contributed by atoms with E-state index in [9.17, 15) is 13.2 Å². The topological polar surface area (TPSA) is 66.9 Å².